The summed E-state index contributed by atoms with van der Waals surface area (Å²) in [4.78, 5) is 11.7. The smallest absolute Gasteiger partial charge is 0.416 e. The zero-order valence-corrected chi connectivity index (χ0v) is 10.6. The van der Waals surface area contributed by atoms with E-state index in [9.17, 15) is 23.1 Å². The molecule has 6 heteroatoms. The molecular weight excluding hydrogens is 271 g/mol. The Morgan fingerprint density at radius 2 is 1.90 bits per heavy atom. The van der Waals surface area contributed by atoms with Crippen LogP contribution in [0.5, 0.6) is 0 Å². The fourth-order valence-corrected chi connectivity index (χ4v) is 3.54. The zero-order chi connectivity index (χ0) is 14.5. The summed E-state index contributed by atoms with van der Waals surface area (Å²) < 4.78 is 37.7. The second kappa shape index (κ2) is 4.22. The number of carboxylic acids is 1. The van der Waals surface area contributed by atoms with Gasteiger partial charge in [0.2, 0.25) is 0 Å². The van der Waals surface area contributed by atoms with Crippen LogP contribution < -0.4 is 5.32 Å². The van der Waals surface area contributed by atoms with Gasteiger partial charge in [0.15, 0.2) is 0 Å². The number of alkyl halides is 3. The Morgan fingerprint density at radius 3 is 2.30 bits per heavy atom. The maximum Gasteiger partial charge on any atom is 0.416 e. The van der Waals surface area contributed by atoms with E-state index in [0.29, 0.717) is 12.0 Å². The molecule has 2 aliphatic rings. The fraction of sp³-hybridized carbons (Fsp3) is 0.500. The Labute approximate surface area is 113 Å². The van der Waals surface area contributed by atoms with Gasteiger partial charge in [0, 0.05) is 12.1 Å². The molecule has 1 aromatic rings. The van der Waals surface area contributed by atoms with Gasteiger partial charge in [-0.05, 0) is 37.0 Å². The van der Waals surface area contributed by atoms with Crippen LogP contribution in [-0.2, 0) is 16.4 Å². The minimum atomic E-state index is -4.40. The highest BCUT2D eigenvalue weighted by Gasteiger charge is 2.56. The normalized spacial score (nSPS) is 32.5. The van der Waals surface area contributed by atoms with E-state index in [2.05, 4.69) is 5.32 Å². The molecule has 2 fully saturated rings. The minimum Gasteiger partial charge on any atom is -0.481 e. The highest BCUT2D eigenvalue weighted by Crippen LogP contribution is 2.46. The van der Waals surface area contributed by atoms with Gasteiger partial charge < -0.3 is 10.4 Å². The molecule has 2 bridgehead atoms. The highest BCUT2D eigenvalue weighted by molar-refractivity contribution is 5.83. The van der Waals surface area contributed by atoms with E-state index in [-0.39, 0.29) is 12.1 Å². The van der Waals surface area contributed by atoms with E-state index >= 15 is 0 Å². The van der Waals surface area contributed by atoms with Gasteiger partial charge in [-0.1, -0.05) is 12.1 Å². The second-order valence-corrected chi connectivity index (χ2v) is 5.55. The van der Waals surface area contributed by atoms with E-state index in [0.717, 1.165) is 25.0 Å². The number of aliphatic carboxylic acids is 1. The molecule has 3 rings (SSSR count). The number of carbonyl (C=O) groups is 1. The second-order valence-electron chi connectivity index (χ2n) is 5.55. The van der Waals surface area contributed by atoms with Crippen LogP contribution in [0.4, 0.5) is 13.2 Å². The lowest BCUT2D eigenvalue weighted by molar-refractivity contribution is -0.144. The molecule has 2 heterocycles. The third-order valence-corrected chi connectivity index (χ3v) is 4.51. The first kappa shape index (κ1) is 13.4. The van der Waals surface area contributed by atoms with Crippen LogP contribution in [0.1, 0.15) is 30.4 Å². The van der Waals surface area contributed by atoms with Crippen LogP contribution in [0.25, 0.3) is 0 Å². The number of halogens is 3. The Bertz CT molecular complexity index is 540. The molecular formula is C14H14F3NO2. The van der Waals surface area contributed by atoms with E-state index in [1.54, 1.807) is 0 Å². The lowest BCUT2D eigenvalue weighted by Gasteiger charge is -2.33. The van der Waals surface area contributed by atoms with Crippen molar-refractivity contribution >= 4 is 5.97 Å². The van der Waals surface area contributed by atoms with Crippen LogP contribution in [0.3, 0.4) is 0 Å². The van der Waals surface area contributed by atoms with Crippen LogP contribution >= 0.6 is 0 Å². The average Bonchev–Trinajstić information content (AvgIpc) is 2.98. The third kappa shape index (κ3) is 1.82. The van der Waals surface area contributed by atoms with Crippen molar-refractivity contribution in [1.82, 2.24) is 5.32 Å². The van der Waals surface area contributed by atoms with Crippen molar-refractivity contribution in [2.75, 3.05) is 0 Å². The summed E-state index contributed by atoms with van der Waals surface area (Å²) in [5.41, 5.74) is -1.39. The molecule has 0 amide bonds. The van der Waals surface area contributed by atoms with Crippen LogP contribution in [0.15, 0.2) is 24.3 Å². The molecule has 0 aromatic heterocycles. The molecule has 3 unspecified atom stereocenters. The van der Waals surface area contributed by atoms with Crippen molar-refractivity contribution in [2.24, 2.45) is 0 Å². The van der Waals surface area contributed by atoms with Crippen molar-refractivity contribution in [2.45, 2.75) is 42.9 Å². The molecule has 3 nitrogen and oxygen atoms in total. The van der Waals surface area contributed by atoms with Gasteiger partial charge in [-0.2, -0.15) is 13.2 Å². The lowest BCUT2D eigenvalue weighted by Crippen LogP contribution is -2.46. The van der Waals surface area contributed by atoms with Gasteiger partial charge in [0.05, 0.1) is 5.56 Å². The summed E-state index contributed by atoms with van der Waals surface area (Å²) in [5, 5.41) is 12.8. The van der Waals surface area contributed by atoms with Crippen molar-refractivity contribution < 1.29 is 23.1 Å². The standard InChI is InChI=1S/C14H14F3NO2/c15-14(16,17)9-3-1-8(2-4-9)13(12(19)20)7-10-5-6-11(13)18-10/h1-4,10-11,18H,5-7H2,(H,19,20). The molecule has 0 saturated carbocycles. The van der Waals surface area contributed by atoms with Crippen LogP contribution in [0, 0.1) is 0 Å². The summed E-state index contributed by atoms with van der Waals surface area (Å²) in [6.45, 7) is 0. The van der Waals surface area contributed by atoms with Crippen LogP contribution in [-0.4, -0.2) is 23.2 Å². The number of benzene rings is 1. The molecule has 2 N–H and O–H groups in total. The minimum absolute atomic E-state index is 0.151. The molecule has 0 radical (unpaired) electrons. The van der Waals surface area contributed by atoms with Crippen molar-refractivity contribution in [1.29, 1.82) is 0 Å². The summed E-state index contributed by atoms with van der Waals surface area (Å²) in [6.07, 6.45) is -2.28. The molecule has 3 atom stereocenters. The largest absolute Gasteiger partial charge is 0.481 e. The summed E-state index contributed by atoms with van der Waals surface area (Å²) in [7, 11) is 0. The summed E-state index contributed by atoms with van der Waals surface area (Å²) >= 11 is 0. The molecule has 0 aliphatic carbocycles. The van der Waals surface area contributed by atoms with Gasteiger partial charge in [0.25, 0.3) is 0 Å². The third-order valence-electron chi connectivity index (χ3n) is 4.51. The van der Waals surface area contributed by atoms with Gasteiger partial charge in [-0.15, -0.1) is 0 Å². The first-order valence-corrected chi connectivity index (χ1v) is 6.51. The Kier molecular flexibility index (Phi) is 2.83. The van der Waals surface area contributed by atoms with Crippen molar-refractivity contribution in [3.8, 4) is 0 Å². The van der Waals surface area contributed by atoms with Gasteiger partial charge >= 0.3 is 12.1 Å². The number of rotatable bonds is 2. The van der Waals surface area contributed by atoms with E-state index in [4.69, 9.17) is 0 Å². The topological polar surface area (TPSA) is 49.3 Å². The van der Waals surface area contributed by atoms with Crippen molar-refractivity contribution in [3.63, 3.8) is 0 Å². The Morgan fingerprint density at radius 1 is 1.25 bits per heavy atom. The molecule has 2 saturated heterocycles. The summed E-state index contributed by atoms with van der Waals surface area (Å²) in [5.74, 6) is -0.961. The number of hydrogen-bond donors (Lipinski definition) is 2. The fourth-order valence-electron chi connectivity index (χ4n) is 3.54. The first-order chi connectivity index (χ1) is 9.34. The van der Waals surface area contributed by atoms with E-state index in [1.165, 1.54) is 12.1 Å². The van der Waals surface area contributed by atoms with E-state index in [1.807, 2.05) is 0 Å². The number of carboxylic acid groups (broad SMARTS) is 1. The Balaban J connectivity index is 2.00. The molecule has 0 spiro atoms. The number of fused-ring (bicyclic) bond motifs is 2. The first-order valence-electron chi connectivity index (χ1n) is 6.51. The zero-order valence-electron chi connectivity index (χ0n) is 10.6. The predicted molar refractivity (Wildman–Crippen MR) is 65.3 cm³/mol. The van der Waals surface area contributed by atoms with Gasteiger partial charge in [-0.25, -0.2) is 0 Å². The maximum absolute atomic E-state index is 12.6. The predicted octanol–water partition coefficient (Wildman–Crippen LogP) is 2.55. The van der Waals surface area contributed by atoms with Gasteiger partial charge in [-0.3, -0.25) is 4.79 Å². The monoisotopic (exact) mass is 285 g/mol. The molecule has 20 heavy (non-hydrogen) atoms. The van der Waals surface area contributed by atoms with Crippen molar-refractivity contribution in [3.05, 3.63) is 35.4 Å². The molecule has 2 aliphatic heterocycles. The summed E-state index contributed by atoms with van der Waals surface area (Å²) in [6, 6.07) is 4.50. The Hall–Kier alpha value is -1.56. The van der Waals surface area contributed by atoms with Crippen LogP contribution in [0.2, 0.25) is 0 Å². The number of nitrogens with one attached hydrogen (secondary N) is 1. The lowest BCUT2D eigenvalue weighted by atomic mass is 9.69. The van der Waals surface area contributed by atoms with E-state index < -0.39 is 23.1 Å². The quantitative estimate of drug-likeness (QED) is 0.878. The molecule has 108 valence electrons. The van der Waals surface area contributed by atoms with Gasteiger partial charge in [0.1, 0.15) is 5.41 Å². The maximum atomic E-state index is 12.6. The molecule has 1 aromatic carbocycles. The SMILES string of the molecule is O=C(O)C1(c2ccc(C(F)(F)F)cc2)CC2CCC1N2. The number of hydrogen-bond acceptors (Lipinski definition) is 2. The highest BCUT2D eigenvalue weighted by atomic mass is 19.4. The average molecular weight is 285 g/mol.